The fraction of sp³-hybridized carbons (Fsp3) is 0.0667. The van der Waals surface area contributed by atoms with Gasteiger partial charge in [-0.3, -0.25) is 19.4 Å². The number of nitrogens with zero attached hydrogens (tertiary/aromatic N) is 1. The smallest absolute Gasteiger partial charge is 0.272 e. The van der Waals surface area contributed by atoms with Gasteiger partial charge in [0, 0.05) is 39.3 Å². The molecule has 1 aromatic heterocycles. The minimum absolute atomic E-state index is 0.0279. The van der Waals surface area contributed by atoms with Gasteiger partial charge in [0.2, 0.25) is 5.91 Å². The van der Waals surface area contributed by atoms with Gasteiger partial charge in [0.25, 0.3) is 11.8 Å². The van der Waals surface area contributed by atoms with Crippen molar-refractivity contribution in [1.29, 1.82) is 0 Å². The highest BCUT2D eigenvalue weighted by molar-refractivity contribution is 8.00. The number of aromatic nitrogens is 1. The summed E-state index contributed by atoms with van der Waals surface area (Å²) < 4.78 is 0. The molecule has 3 aromatic carbocycles. The van der Waals surface area contributed by atoms with Gasteiger partial charge >= 0.3 is 0 Å². The first-order valence-electron chi connectivity index (χ1n) is 12.0. The monoisotopic (exact) mass is 556 g/mol. The van der Waals surface area contributed by atoms with Crippen LogP contribution in [0.2, 0.25) is 5.02 Å². The Morgan fingerprint density at radius 2 is 1.56 bits per heavy atom. The molecule has 3 N–H and O–H groups in total. The molecule has 4 rings (SSSR count). The van der Waals surface area contributed by atoms with Gasteiger partial charge in [-0.1, -0.05) is 54.1 Å². The Labute approximate surface area is 235 Å². The lowest BCUT2D eigenvalue weighted by Gasteiger charge is -2.14. The van der Waals surface area contributed by atoms with E-state index in [4.69, 9.17) is 11.6 Å². The topological polar surface area (TPSA) is 100 Å². The molecule has 0 spiro atoms. The van der Waals surface area contributed by atoms with E-state index >= 15 is 0 Å². The van der Waals surface area contributed by atoms with Crippen molar-refractivity contribution in [1.82, 2.24) is 10.3 Å². The van der Waals surface area contributed by atoms with E-state index in [0.29, 0.717) is 27.5 Å². The van der Waals surface area contributed by atoms with E-state index in [1.165, 1.54) is 17.8 Å². The second-order valence-electron chi connectivity index (χ2n) is 8.37. The van der Waals surface area contributed by atoms with E-state index in [2.05, 4.69) is 20.9 Å². The zero-order chi connectivity index (χ0) is 27.6. The van der Waals surface area contributed by atoms with Crippen LogP contribution in [0.4, 0.5) is 11.4 Å². The van der Waals surface area contributed by atoms with E-state index in [1.807, 2.05) is 6.07 Å². The molecule has 7 nitrogen and oxygen atoms in total. The van der Waals surface area contributed by atoms with Crippen LogP contribution >= 0.6 is 23.4 Å². The zero-order valence-electron chi connectivity index (χ0n) is 20.9. The minimum Gasteiger partial charge on any atom is -0.325 e. The van der Waals surface area contributed by atoms with Crippen molar-refractivity contribution in [3.63, 3.8) is 0 Å². The van der Waals surface area contributed by atoms with Crippen molar-refractivity contribution >= 4 is 58.5 Å². The van der Waals surface area contributed by atoms with Crippen LogP contribution in [0.3, 0.4) is 0 Å². The van der Waals surface area contributed by atoms with Crippen LogP contribution in [-0.4, -0.2) is 28.0 Å². The Morgan fingerprint density at radius 3 is 2.31 bits per heavy atom. The molecule has 0 aliphatic rings. The van der Waals surface area contributed by atoms with Crippen LogP contribution < -0.4 is 16.0 Å². The van der Waals surface area contributed by atoms with Gasteiger partial charge in [-0.15, -0.1) is 11.8 Å². The molecule has 4 aromatic rings. The lowest BCUT2D eigenvalue weighted by Crippen LogP contribution is -2.30. The Balaban J connectivity index is 1.49. The molecule has 1 atom stereocenters. The lowest BCUT2D eigenvalue weighted by atomic mass is 10.1. The summed E-state index contributed by atoms with van der Waals surface area (Å²) in [5, 5.41) is 8.43. The summed E-state index contributed by atoms with van der Waals surface area (Å²) in [6.07, 6.45) is 4.75. The number of pyridine rings is 1. The number of amides is 3. The Hall–Kier alpha value is -4.40. The molecule has 0 saturated heterocycles. The summed E-state index contributed by atoms with van der Waals surface area (Å²) in [6.45, 7) is 1.80. The summed E-state index contributed by atoms with van der Waals surface area (Å²) in [5.74, 6) is -1.11. The number of rotatable bonds is 9. The van der Waals surface area contributed by atoms with E-state index in [-0.39, 0.29) is 11.6 Å². The molecule has 0 radical (unpaired) electrons. The number of carbonyl (C=O) groups is 3. The van der Waals surface area contributed by atoms with Crippen molar-refractivity contribution in [3.05, 3.63) is 125 Å². The standard InChI is InChI=1S/C30H25ClN4O3S/c1-20(28(36)33-23-14-16-32-17-15-23)39-25-12-7-11-24(19-25)34-30(38)27(18-22-10-5-6-13-26(22)31)35-29(37)21-8-3-2-4-9-21/h2-20H,1H3,(H,34,38)(H,35,37)(H,32,33,36)/b27-18+. The highest BCUT2D eigenvalue weighted by Crippen LogP contribution is 2.27. The molecule has 0 fully saturated rings. The number of nitrogens with one attached hydrogen (secondary N) is 3. The summed E-state index contributed by atoms with van der Waals surface area (Å²) in [7, 11) is 0. The maximum absolute atomic E-state index is 13.3. The Kier molecular flexibility index (Phi) is 9.50. The number of carbonyl (C=O) groups excluding carboxylic acids is 3. The van der Waals surface area contributed by atoms with Crippen molar-refractivity contribution in [3.8, 4) is 0 Å². The van der Waals surface area contributed by atoms with E-state index in [9.17, 15) is 14.4 Å². The molecule has 0 bridgehead atoms. The van der Waals surface area contributed by atoms with E-state index in [0.717, 1.165) is 4.90 Å². The normalized spacial score (nSPS) is 11.8. The SMILES string of the molecule is CC(Sc1cccc(NC(=O)/C(=C\c2ccccc2Cl)NC(=O)c2ccccc2)c1)C(=O)Nc1ccncc1. The van der Waals surface area contributed by atoms with Crippen molar-refractivity contribution in [2.24, 2.45) is 0 Å². The first kappa shape index (κ1) is 27.6. The molecule has 3 amide bonds. The minimum atomic E-state index is -0.523. The van der Waals surface area contributed by atoms with Crippen LogP contribution in [0, 0.1) is 0 Å². The molecule has 9 heteroatoms. The molecule has 0 aliphatic carbocycles. The van der Waals surface area contributed by atoms with Crippen LogP contribution in [0.25, 0.3) is 6.08 Å². The van der Waals surface area contributed by atoms with Crippen molar-refractivity contribution in [2.45, 2.75) is 17.1 Å². The van der Waals surface area contributed by atoms with E-state index < -0.39 is 17.1 Å². The number of halogens is 1. The van der Waals surface area contributed by atoms with Gasteiger partial charge in [-0.05, 0) is 67.1 Å². The zero-order valence-corrected chi connectivity index (χ0v) is 22.5. The van der Waals surface area contributed by atoms with Crippen LogP contribution in [0.15, 0.2) is 114 Å². The molecular formula is C30H25ClN4O3S. The van der Waals surface area contributed by atoms with Crippen molar-refractivity contribution in [2.75, 3.05) is 10.6 Å². The van der Waals surface area contributed by atoms with Gasteiger partial charge in [-0.2, -0.15) is 0 Å². The average Bonchev–Trinajstić information content (AvgIpc) is 2.95. The number of thioether (sulfide) groups is 1. The Bertz CT molecular complexity index is 1500. The fourth-order valence-corrected chi connectivity index (χ4v) is 4.59. The second-order valence-corrected chi connectivity index (χ2v) is 10.2. The average molecular weight is 557 g/mol. The van der Waals surface area contributed by atoms with Crippen molar-refractivity contribution < 1.29 is 14.4 Å². The van der Waals surface area contributed by atoms with Gasteiger partial charge < -0.3 is 16.0 Å². The third kappa shape index (κ3) is 8.04. The van der Waals surface area contributed by atoms with Gasteiger partial charge in [-0.25, -0.2) is 0 Å². The third-order valence-electron chi connectivity index (χ3n) is 5.46. The molecule has 196 valence electrons. The largest absolute Gasteiger partial charge is 0.325 e. The molecular weight excluding hydrogens is 532 g/mol. The lowest BCUT2D eigenvalue weighted by molar-refractivity contribution is -0.115. The highest BCUT2D eigenvalue weighted by Gasteiger charge is 2.18. The summed E-state index contributed by atoms with van der Waals surface area (Å²) in [5.41, 5.74) is 2.19. The first-order valence-corrected chi connectivity index (χ1v) is 13.3. The third-order valence-corrected chi connectivity index (χ3v) is 6.89. The number of anilines is 2. The quantitative estimate of drug-likeness (QED) is 0.167. The fourth-order valence-electron chi connectivity index (χ4n) is 3.47. The first-order chi connectivity index (χ1) is 18.9. The molecule has 39 heavy (non-hydrogen) atoms. The van der Waals surface area contributed by atoms with Gasteiger partial charge in [0.15, 0.2) is 0 Å². The summed E-state index contributed by atoms with van der Waals surface area (Å²) >= 11 is 7.66. The second kappa shape index (κ2) is 13.4. The maximum atomic E-state index is 13.3. The number of hydrogen-bond donors (Lipinski definition) is 3. The van der Waals surface area contributed by atoms with Crippen LogP contribution in [0.1, 0.15) is 22.8 Å². The number of benzene rings is 3. The maximum Gasteiger partial charge on any atom is 0.272 e. The predicted octanol–water partition coefficient (Wildman–Crippen LogP) is 6.26. The molecule has 1 unspecified atom stereocenters. The van der Waals surface area contributed by atoms with Gasteiger partial charge in [0.05, 0.1) is 5.25 Å². The van der Waals surface area contributed by atoms with E-state index in [1.54, 1.807) is 104 Å². The van der Waals surface area contributed by atoms with Crippen LogP contribution in [0.5, 0.6) is 0 Å². The predicted molar refractivity (Wildman–Crippen MR) is 157 cm³/mol. The molecule has 0 aliphatic heterocycles. The summed E-state index contributed by atoms with van der Waals surface area (Å²) in [6, 6.07) is 26.2. The highest BCUT2D eigenvalue weighted by atomic mass is 35.5. The van der Waals surface area contributed by atoms with Crippen LogP contribution in [-0.2, 0) is 9.59 Å². The Morgan fingerprint density at radius 1 is 0.846 bits per heavy atom. The molecule has 1 heterocycles. The summed E-state index contributed by atoms with van der Waals surface area (Å²) in [4.78, 5) is 43.5. The molecule has 0 saturated carbocycles. The number of hydrogen-bond acceptors (Lipinski definition) is 5. The van der Waals surface area contributed by atoms with Gasteiger partial charge in [0.1, 0.15) is 5.70 Å².